The highest BCUT2D eigenvalue weighted by atomic mass is 16.5. The number of carbonyl (C=O) groups excluding carboxylic acids is 3. The van der Waals surface area contributed by atoms with Gasteiger partial charge in [-0.05, 0) is 42.3 Å². The van der Waals surface area contributed by atoms with Crippen molar-refractivity contribution in [3.63, 3.8) is 0 Å². The Morgan fingerprint density at radius 1 is 0.951 bits per heavy atom. The minimum atomic E-state index is -1.38. The minimum Gasteiger partial charge on any atom is -0.480 e. The first-order valence-corrected chi connectivity index (χ1v) is 13.0. The van der Waals surface area contributed by atoms with Gasteiger partial charge in [0.25, 0.3) is 5.91 Å². The van der Waals surface area contributed by atoms with Crippen LogP contribution in [-0.2, 0) is 27.5 Å². The first-order chi connectivity index (χ1) is 19.7. The predicted octanol–water partition coefficient (Wildman–Crippen LogP) is 3.78. The Hall–Kier alpha value is -5.19. The highest BCUT2D eigenvalue weighted by Crippen LogP contribution is 2.23. The van der Waals surface area contributed by atoms with Crippen LogP contribution in [0.15, 0.2) is 78.9 Å². The molecule has 4 N–H and O–H groups in total. The van der Waals surface area contributed by atoms with E-state index in [1.165, 1.54) is 6.92 Å². The van der Waals surface area contributed by atoms with E-state index in [-0.39, 0.29) is 25.1 Å². The molecule has 1 heterocycles. The highest BCUT2D eigenvalue weighted by Gasteiger charge is 2.23. The fraction of sp³-hybridized carbons (Fsp3) is 0.233. The Morgan fingerprint density at radius 2 is 1.63 bits per heavy atom. The smallest absolute Gasteiger partial charge is 0.408 e. The van der Waals surface area contributed by atoms with Crippen LogP contribution in [0.25, 0.3) is 11.0 Å². The molecule has 3 amide bonds. The van der Waals surface area contributed by atoms with E-state index in [4.69, 9.17) is 4.74 Å². The van der Waals surface area contributed by atoms with Crippen LogP contribution in [0.4, 0.5) is 4.79 Å². The average Bonchev–Trinajstić information content (AvgIpc) is 3.41. The predicted molar refractivity (Wildman–Crippen MR) is 151 cm³/mol. The third kappa shape index (κ3) is 7.69. The van der Waals surface area contributed by atoms with Gasteiger partial charge in [-0.1, -0.05) is 54.6 Å². The summed E-state index contributed by atoms with van der Waals surface area (Å²) in [6, 6.07) is 21.5. The van der Waals surface area contributed by atoms with Gasteiger partial charge >= 0.3 is 12.1 Å². The number of rotatable bonds is 11. The highest BCUT2D eigenvalue weighted by molar-refractivity contribution is 5.94. The van der Waals surface area contributed by atoms with Crippen molar-refractivity contribution in [1.82, 2.24) is 25.5 Å². The maximum atomic E-state index is 12.7. The molecule has 0 aliphatic carbocycles. The zero-order valence-electron chi connectivity index (χ0n) is 22.7. The van der Waals surface area contributed by atoms with Gasteiger partial charge in [-0.2, -0.15) is 0 Å². The monoisotopic (exact) mass is 557 g/mol. The fourth-order valence-corrected chi connectivity index (χ4v) is 4.20. The molecular formula is C30H31N5O6. The van der Waals surface area contributed by atoms with Crippen LogP contribution in [-0.4, -0.2) is 56.4 Å². The Kier molecular flexibility index (Phi) is 9.31. The standard InChI is InChI=1S/C30H31N5O6/c1-19(27-32-24-10-6-7-11-25(24)33-27)35(20(2)36)17-21-12-14-23(15-13-21)28(37)31-16-26(29(38)39)34-30(40)41-18-22-8-4-3-5-9-22/h3-15,19,26H,16-18H2,1-2H3,(H,31,37)(H,32,33)(H,34,40)(H,38,39). The van der Waals surface area contributed by atoms with Crippen molar-refractivity contribution >= 4 is 34.9 Å². The maximum Gasteiger partial charge on any atom is 0.408 e. The molecule has 2 unspecified atom stereocenters. The second-order valence-corrected chi connectivity index (χ2v) is 9.47. The van der Waals surface area contributed by atoms with Crippen molar-refractivity contribution in [3.05, 3.63) is 101 Å². The molecule has 4 aromatic rings. The molecule has 11 heteroatoms. The lowest BCUT2D eigenvalue weighted by Crippen LogP contribution is -2.48. The number of carbonyl (C=O) groups is 4. The number of benzene rings is 3. The van der Waals surface area contributed by atoms with Crippen LogP contribution in [0.5, 0.6) is 0 Å². The molecule has 4 rings (SSSR count). The van der Waals surface area contributed by atoms with Crippen LogP contribution in [0.3, 0.4) is 0 Å². The molecule has 0 bridgehead atoms. The van der Waals surface area contributed by atoms with Crippen molar-refractivity contribution in [2.24, 2.45) is 0 Å². The number of aromatic nitrogens is 2. The van der Waals surface area contributed by atoms with Gasteiger partial charge in [0.05, 0.1) is 17.1 Å². The lowest BCUT2D eigenvalue weighted by atomic mass is 10.1. The third-order valence-corrected chi connectivity index (χ3v) is 6.51. The number of alkyl carbamates (subject to hydrolysis) is 1. The van der Waals surface area contributed by atoms with E-state index in [1.54, 1.807) is 53.4 Å². The van der Waals surface area contributed by atoms with Crippen molar-refractivity contribution in [2.75, 3.05) is 6.54 Å². The van der Waals surface area contributed by atoms with E-state index in [2.05, 4.69) is 20.6 Å². The number of amides is 3. The van der Waals surface area contributed by atoms with Gasteiger partial charge in [0.15, 0.2) is 0 Å². The van der Waals surface area contributed by atoms with Gasteiger partial charge in [0, 0.05) is 25.6 Å². The molecule has 0 spiro atoms. The zero-order chi connectivity index (χ0) is 29.4. The number of nitrogens with one attached hydrogen (secondary N) is 3. The molecule has 3 aromatic carbocycles. The number of H-pyrrole nitrogens is 1. The summed E-state index contributed by atoms with van der Waals surface area (Å²) in [5.74, 6) is -1.29. The van der Waals surface area contributed by atoms with Crippen LogP contribution in [0, 0.1) is 0 Å². The lowest BCUT2D eigenvalue weighted by molar-refractivity contribution is -0.139. The zero-order valence-corrected chi connectivity index (χ0v) is 22.7. The summed E-state index contributed by atoms with van der Waals surface area (Å²) >= 11 is 0. The molecule has 0 radical (unpaired) electrons. The molecule has 2 atom stereocenters. The second kappa shape index (κ2) is 13.2. The van der Waals surface area contributed by atoms with Crippen molar-refractivity contribution < 1.29 is 29.0 Å². The number of fused-ring (bicyclic) bond motifs is 1. The van der Waals surface area contributed by atoms with Gasteiger partial charge in [-0.25, -0.2) is 14.6 Å². The van der Waals surface area contributed by atoms with Gasteiger partial charge in [-0.15, -0.1) is 0 Å². The van der Waals surface area contributed by atoms with Crippen molar-refractivity contribution in [3.8, 4) is 0 Å². The summed E-state index contributed by atoms with van der Waals surface area (Å²) in [6.45, 7) is 3.32. The van der Waals surface area contributed by atoms with Crippen molar-refractivity contribution in [2.45, 2.75) is 39.1 Å². The number of imidazole rings is 1. The van der Waals surface area contributed by atoms with Gasteiger partial charge in [0.2, 0.25) is 5.91 Å². The van der Waals surface area contributed by atoms with E-state index in [0.717, 1.165) is 22.2 Å². The summed E-state index contributed by atoms with van der Waals surface area (Å²) in [4.78, 5) is 58.4. The quantitative estimate of drug-likeness (QED) is 0.219. The number of aromatic amines is 1. The molecule has 0 aliphatic heterocycles. The molecular weight excluding hydrogens is 526 g/mol. The minimum absolute atomic E-state index is 0.0180. The van der Waals surface area contributed by atoms with Crippen LogP contribution >= 0.6 is 0 Å². The van der Waals surface area contributed by atoms with Gasteiger partial charge < -0.3 is 30.4 Å². The topological polar surface area (TPSA) is 154 Å². The van der Waals surface area contributed by atoms with E-state index in [9.17, 15) is 24.3 Å². The fourth-order valence-electron chi connectivity index (χ4n) is 4.20. The SMILES string of the molecule is CC(=O)N(Cc1ccc(C(=O)NCC(NC(=O)OCc2ccccc2)C(=O)O)cc1)C(C)c1nc2ccccc2[nH]1. The first kappa shape index (κ1) is 28.8. The summed E-state index contributed by atoms with van der Waals surface area (Å²) in [5.41, 5.74) is 3.55. The van der Waals surface area contributed by atoms with Crippen LogP contribution < -0.4 is 10.6 Å². The van der Waals surface area contributed by atoms with E-state index in [1.807, 2.05) is 37.3 Å². The lowest BCUT2D eigenvalue weighted by Gasteiger charge is -2.27. The summed E-state index contributed by atoms with van der Waals surface area (Å²) in [6.07, 6.45) is -0.910. The van der Waals surface area contributed by atoms with Crippen LogP contribution in [0.2, 0.25) is 0 Å². The Morgan fingerprint density at radius 3 is 2.29 bits per heavy atom. The Labute approximate surface area is 236 Å². The second-order valence-electron chi connectivity index (χ2n) is 9.47. The van der Waals surface area contributed by atoms with Crippen molar-refractivity contribution in [1.29, 1.82) is 0 Å². The average molecular weight is 558 g/mol. The van der Waals surface area contributed by atoms with Gasteiger partial charge in [-0.3, -0.25) is 9.59 Å². The number of carboxylic acids is 1. The molecule has 11 nitrogen and oxygen atoms in total. The third-order valence-electron chi connectivity index (χ3n) is 6.51. The Bertz CT molecular complexity index is 1490. The first-order valence-electron chi connectivity index (χ1n) is 13.0. The number of para-hydroxylation sites is 2. The molecule has 0 saturated carbocycles. The summed E-state index contributed by atoms with van der Waals surface area (Å²) < 4.78 is 5.06. The number of hydrogen-bond donors (Lipinski definition) is 4. The molecule has 0 fully saturated rings. The maximum absolute atomic E-state index is 12.7. The molecule has 41 heavy (non-hydrogen) atoms. The number of hydrogen-bond acceptors (Lipinski definition) is 6. The Balaban J connectivity index is 1.32. The molecule has 212 valence electrons. The van der Waals surface area contributed by atoms with E-state index >= 15 is 0 Å². The summed E-state index contributed by atoms with van der Waals surface area (Å²) in [7, 11) is 0. The van der Waals surface area contributed by atoms with Gasteiger partial charge in [0.1, 0.15) is 18.5 Å². The molecule has 1 aromatic heterocycles. The largest absolute Gasteiger partial charge is 0.480 e. The number of carboxylic acid groups (broad SMARTS) is 1. The normalized spacial score (nSPS) is 12.2. The number of aliphatic carboxylic acids is 1. The number of ether oxygens (including phenoxy) is 1. The molecule has 0 aliphatic rings. The molecule has 0 saturated heterocycles. The number of nitrogens with zero attached hydrogens (tertiary/aromatic N) is 2. The summed E-state index contributed by atoms with van der Waals surface area (Å²) in [5, 5.41) is 14.2. The van der Waals surface area contributed by atoms with E-state index < -0.39 is 24.0 Å². The van der Waals surface area contributed by atoms with E-state index in [0.29, 0.717) is 17.9 Å². The van der Waals surface area contributed by atoms with Crippen LogP contribution in [0.1, 0.15) is 47.2 Å².